The lowest BCUT2D eigenvalue weighted by Gasteiger charge is -2.22. The van der Waals surface area contributed by atoms with E-state index in [1.165, 1.54) is 13.8 Å². The highest BCUT2D eigenvalue weighted by Crippen LogP contribution is 2.37. The number of halogens is 4. The van der Waals surface area contributed by atoms with Gasteiger partial charge in [0.15, 0.2) is 28.7 Å². The summed E-state index contributed by atoms with van der Waals surface area (Å²) in [6, 6.07) is 0.977. The molecule has 9 heteroatoms. The summed E-state index contributed by atoms with van der Waals surface area (Å²) in [5.41, 5.74) is -2.96. The maximum Gasteiger partial charge on any atom is 0.434 e. The fraction of sp³-hybridized carbons (Fsp3) is 0.421. The number of pyridine rings is 2. The van der Waals surface area contributed by atoms with Crippen molar-refractivity contribution in [3.05, 3.63) is 34.4 Å². The molecule has 1 saturated carbocycles. The minimum absolute atomic E-state index is 0.0438. The summed E-state index contributed by atoms with van der Waals surface area (Å²) in [6.07, 6.45) is -4.93. The van der Waals surface area contributed by atoms with E-state index in [0.717, 1.165) is 6.07 Å². The average Bonchev–Trinajstić information content (AvgIpc) is 2.60. The van der Waals surface area contributed by atoms with E-state index in [9.17, 15) is 31.9 Å². The Morgan fingerprint density at radius 2 is 1.79 bits per heavy atom. The van der Waals surface area contributed by atoms with Gasteiger partial charge in [-0.15, -0.1) is 0 Å². The van der Waals surface area contributed by atoms with Crippen molar-refractivity contribution >= 4 is 28.4 Å². The number of ketones is 3. The van der Waals surface area contributed by atoms with Crippen molar-refractivity contribution in [2.24, 2.45) is 5.92 Å². The SMILES string of the molecule is CCc1c(C(=O)C2C(=O)CCCC2=O)c(C(F)(F)F)nc2nc(C)c(F)cc12. The number of nitrogens with zero attached hydrogens (tertiary/aromatic N) is 2. The summed E-state index contributed by atoms with van der Waals surface area (Å²) >= 11 is 0. The molecule has 148 valence electrons. The molecule has 3 rings (SSSR count). The summed E-state index contributed by atoms with van der Waals surface area (Å²) in [5, 5.41) is -0.0438. The molecule has 1 aliphatic carbocycles. The lowest BCUT2D eigenvalue weighted by molar-refractivity contribution is -0.142. The van der Waals surface area contributed by atoms with Crippen LogP contribution in [0.2, 0.25) is 0 Å². The first kappa shape index (κ1) is 20.0. The van der Waals surface area contributed by atoms with Gasteiger partial charge in [-0.3, -0.25) is 14.4 Å². The highest BCUT2D eigenvalue weighted by Gasteiger charge is 2.44. The van der Waals surface area contributed by atoms with E-state index in [2.05, 4.69) is 9.97 Å². The molecule has 0 radical (unpaired) electrons. The Morgan fingerprint density at radius 3 is 2.32 bits per heavy atom. The molecule has 2 aromatic rings. The first-order chi connectivity index (χ1) is 13.1. The van der Waals surface area contributed by atoms with Crippen molar-refractivity contribution in [3.63, 3.8) is 0 Å². The minimum Gasteiger partial charge on any atom is -0.298 e. The molecule has 0 unspecified atom stereocenters. The van der Waals surface area contributed by atoms with Gasteiger partial charge in [0.25, 0.3) is 0 Å². The fourth-order valence-electron chi connectivity index (χ4n) is 3.49. The van der Waals surface area contributed by atoms with Crippen LogP contribution in [0.5, 0.6) is 0 Å². The second kappa shape index (κ2) is 7.03. The van der Waals surface area contributed by atoms with Gasteiger partial charge in [0.2, 0.25) is 0 Å². The van der Waals surface area contributed by atoms with Crippen LogP contribution in [0.25, 0.3) is 11.0 Å². The first-order valence-electron chi connectivity index (χ1n) is 8.72. The van der Waals surface area contributed by atoms with E-state index < -0.39 is 46.5 Å². The first-order valence-corrected chi connectivity index (χ1v) is 8.72. The Bertz CT molecular complexity index is 999. The predicted octanol–water partition coefficient (Wildman–Crippen LogP) is 3.78. The van der Waals surface area contributed by atoms with Crippen LogP contribution < -0.4 is 0 Å². The van der Waals surface area contributed by atoms with Gasteiger partial charge in [-0.1, -0.05) is 6.92 Å². The number of aryl methyl sites for hydroxylation is 2. The Balaban J connectivity index is 2.36. The number of hydrogen-bond donors (Lipinski definition) is 0. The molecular formula is C19H16F4N2O3. The third-order valence-electron chi connectivity index (χ3n) is 4.83. The van der Waals surface area contributed by atoms with E-state index in [1.54, 1.807) is 0 Å². The molecule has 0 aromatic carbocycles. The predicted molar refractivity (Wildman–Crippen MR) is 90.3 cm³/mol. The van der Waals surface area contributed by atoms with Gasteiger partial charge in [-0.25, -0.2) is 14.4 Å². The number of carbonyl (C=O) groups excluding carboxylic acids is 3. The van der Waals surface area contributed by atoms with Crippen LogP contribution >= 0.6 is 0 Å². The summed E-state index contributed by atoms with van der Waals surface area (Å²) in [7, 11) is 0. The Kier molecular flexibility index (Phi) is 5.03. The molecular weight excluding hydrogens is 380 g/mol. The fourth-order valence-corrected chi connectivity index (χ4v) is 3.49. The van der Waals surface area contributed by atoms with Gasteiger partial charge in [0.05, 0.1) is 11.3 Å². The zero-order chi connectivity index (χ0) is 20.8. The van der Waals surface area contributed by atoms with Gasteiger partial charge in [-0.05, 0) is 31.4 Å². The lowest BCUT2D eigenvalue weighted by Crippen LogP contribution is -2.37. The topological polar surface area (TPSA) is 77.0 Å². The van der Waals surface area contributed by atoms with Crippen molar-refractivity contribution in [1.29, 1.82) is 0 Å². The van der Waals surface area contributed by atoms with Gasteiger partial charge in [0.1, 0.15) is 11.7 Å². The van der Waals surface area contributed by atoms with E-state index in [-0.39, 0.29) is 48.0 Å². The molecule has 28 heavy (non-hydrogen) atoms. The maximum atomic E-state index is 14.0. The lowest BCUT2D eigenvalue weighted by atomic mass is 9.79. The molecule has 5 nitrogen and oxygen atoms in total. The maximum absolute atomic E-state index is 14.0. The van der Waals surface area contributed by atoms with Gasteiger partial charge in [-0.2, -0.15) is 13.2 Å². The second-order valence-corrected chi connectivity index (χ2v) is 6.68. The average molecular weight is 396 g/mol. The number of hydrogen-bond acceptors (Lipinski definition) is 5. The van der Waals surface area contributed by atoms with Crippen molar-refractivity contribution in [3.8, 4) is 0 Å². The molecule has 2 heterocycles. The molecule has 0 saturated heterocycles. The van der Waals surface area contributed by atoms with Crippen molar-refractivity contribution in [2.45, 2.75) is 45.7 Å². The van der Waals surface area contributed by atoms with Crippen LogP contribution in [0.4, 0.5) is 17.6 Å². The van der Waals surface area contributed by atoms with Crippen LogP contribution in [0.1, 0.15) is 53.5 Å². The van der Waals surface area contributed by atoms with Crippen LogP contribution in [0, 0.1) is 18.7 Å². The van der Waals surface area contributed by atoms with Gasteiger partial charge < -0.3 is 0 Å². The van der Waals surface area contributed by atoms with E-state index in [4.69, 9.17) is 0 Å². The van der Waals surface area contributed by atoms with E-state index >= 15 is 0 Å². The monoisotopic (exact) mass is 396 g/mol. The molecule has 0 amide bonds. The smallest absolute Gasteiger partial charge is 0.298 e. The molecule has 0 spiro atoms. The molecule has 1 fully saturated rings. The minimum atomic E-state index is -5.02. The molecule has 0 aliphatic heterocycles. The highest BCUT2D eigenvalue weighted by molar-refractivity contribution is 6.26. The number of Topliss-reactive ketones (excluding diaryl/α,β-unsaturated/α-hetero) is 3. The largest absolute Gasteiger partial charge is 0.434 e. The number of aromatic nitrogens is 2. The molecule has 1 aliphatic rings. The van der Waals surface area contributed by atoms with Crippen LogP contribution in [0.3, 0.4) is 0 Å². The Hall–Kier alpha value is -2.71. The van der Waals surface area contributed by atoms with E-state index in [0.29, 0.717) is 0 Å². The summed E-state index contributed by atoms with van der Waals surface area (Å²) in [5.74, 6) is -5.17. The zero-order valence-corrected chi connectivity index (χ0v) is 15.1. The molecule has 2 aromatic heterocycles. The Labute approximate surface area is 157 Å². The molecule has 0 atom stereocenters. The van der Waals surface area contributed by atoms with Crippen molar-refractivity contribution in [1.82, 2.24) is 9.97 Å². The van der Waals surface area contributed by atoms with Crippen LogP contribution in [0.15, 0.2) is 6.07 Å². The third-order valence-corrected chi connectivity index (χ3v) is 4.83. The van der Waals surface area contributed by atoms with Crippen molar-refractivity contribution < 1.29 is 31.9 Å². The number of fused-ring (bicyclic) bond motifs is 1. The standard InChI is InChI=1S/C19H16F4N2O3/c1-3-9-10-7-11(20)8(2)24-18(10)25-17(19(21,22)23)14(9)16(28)15-12(26)5-4-6-13(15)27/h7,15H,3-6H2,1-2H3. The van der Waals surface area contributed by atoms with Crippen molar-refractivity contribution in [2.75, 3.05) is 0 Å². The normalized spacial score (nSPS) is 16.1. The Morgan fingerprint density at radius 1 is 1.18 bits per heavy atom. The molecule has 0 N–H and O–H groups in total. The quantitative estimate of drug-likeness (QED) is 0.448. The van der Waals surface area contributed by atoms with E-state index in [1.807, 2.05) is 0 Å². The summed E-state index contributed by atoms with van der Waals surface area (Å²) < 4.78 is 55.1. The summed E-state index contributed by atoms with van der Waals surface area (Å²) in [6.45, 7) is 2.78. The number of rotatable bonds is 3. The third kappa shape index (κ3) is 3.29. The van der Waals surface area contributed by atoms with Crippen LogP contribution in [-0.4, -0.2) is 27.3 Å². The number of alkyl halides is 3. The second-order valence-electron chi connectivity index (χ2n) is 6.68. The molecule has 0 bridgehead atoms. The van der Waals surface area contributed by atoms with Crippen LogP contribution in [-0.2, 0) is 22.2 Å². The van der Waals surface area contributed by atoms with Gasteiger partial charge >= 0.3 is 6.18 Å². The van der Waals surface area contributed by atoms with Gasteiger partial charge in [0, 0.05) is 18.2 Å². The summed E-state index contributed by atoms with van der Waals surface area (Å²) in [4.78, 5) is 44.5. The number of carbonyl (C=O) groups is 3. The highest BCUT2D eigenvalue weighted by atomic mass is 19.4. The zero-order valence-electron chi connectivity index (χ0n) is 15.1.